The normalized spacial score (nSPS) is 9.88. The zero-order valence-corrected chi connectivity index (χ0v) is 9.01. The van der Waals surface area contributed by atoms with Crippen molar-refractivity contribution in [1.29, 1.82) is 0 Å². The number of aromatic amines is 1. The number of nitrogens with one attached hydrogen (secondary N) is 2. The van der Waals surface area contributed by atoms with E-state index in [2.05, 4.69) is 15.3 Å². The number of pyridine rings is 2. The molecule has 0 radical (unpaired) electrons. The average molecular weight is 229 g/mol. The summed E-state index contributed by atoms with van der Waals surface area (Å²) >= 11 is 0. The van der Waals surface area contributed by atoms with Crippen molar-refractivity contribution < 1.29 is 4.79 Å². The monoisotopic (exact) mass is 229 g/mol. The number of rotatable bonds is 3. The molecule has 17 heavy (non-hydrogen) atoms. The van der Waals surface area contributed by atoms with Gasteiger partial charge in [-0.1, -0.05) is 6.07 Å². The first-order chi connectivity index (χ1) is 8.25. The second kappa shape index (κ2) is 5.07. The fraction of sp³-hybridized carbons (Fsp3) is 0.0833. The zero-order valence-electron chi connectivity index (χ0n) is 9.01. The molecule has 0 aromatic carbocycles. The highest BCUT2D eigenvalue weighted by molar-refractivity contribution is 5.93. The van der Waals surface area contributed by atoms with Crippen LogP contribution in [0.25, 0.3) is 0 Å². The van der Waals surface area contributed by atoms with Gasteiger partial charge < -0.3 is 10.3 Å². The molecule has 0 saturated carbocycles. The van der Waals surface area contributed by atoms with Crippen LogP contribution in [0.4, 0.5) is 0 Å². The van der Waals surface area contributed by atoms with Crippen molar-refractivity contribution in [2.45, 2.75) is 6.54 Å². The summed E-state index contributed by atoms with van der Waals surface area (Å²) in [5.74, 6) is -0.278. The average Bonchev–Trinajstić information content (AvgIpc) is 2.37. The molecule has 2 heterocycles. The van der Waals surface area contributed by atoms with Crippen molar-refractivity contribution in [3.05, 3.63) is 64.3 Å². The maximum Gasteiger partial charge on any atom is 0.251 e. The van der Waals surface area contributed by atoms with E-state index in [-0.39, 0.29) is 11.5 Å². The molecule has 2 N–H and O–H groups in total. The van der Waals surface area contributed by atoms with Crippen molar-refractivity contribution >= 4 is 5.91 Å². The third-order valence-corrected chi connectivity index (χ3v) is 2.21. The van der Waals surface area contributed by atoms with Gasteiger partial charge in [-0.15, -0.1) is 0 Å². The van der Waals surface area contributed by atoms with Crippen LogP contribution in [0.15, 0.2) is 47.7 Å². The highest BCUT2D eigenvalue weighted by atomic mass is 16.2. The molecule has 2 aromatic rings. The Morgan fingerprint density at radius 3 is 3.00 bits per heavy atom. The highest BCUT2D eigenvalue weighted by Gasteiger charge is 2.04. The molecule has 0 atom stereocenters. The minimum absolute atomic E-state index is 0.278. The Morgan fingerprint density at radius 1 is 1.41 bits per heavy atom. The first kappa shape index (κ1) is 11.1. The van der Waals surface area contributed by atoms with Crippen molar-refractivity contribution in [3.63, 3.8) is 0 Å². The number of hydrogen-bond acceptors (Lipinski definition) is 3. The van der Waals surface area contributed by atoms with Crippen LogP contribution < -0.4 is 10.9 Å². The van der Waals surface area contributed by atoms with Gasteiger partial charge in [-0.3, -0.25) is 14.6 Å². The Morgan fingerprint density at radius 2 is 2.29 bits per heavy atom. The molecule has 0 aliphatic rings. The van der Waals surface area contributed by atoms with E-state index in [1.165, 1.54) is 12.3 Å². The predicted octanol–water partition coefficient (Wildman–Crippen LogP) is 0.700. The van der Waals surface area contributed by atoms with Crippen molar-refractivity contribution in [2.24, 2.45) is 0 Å². The van der Waals surface area contributed by atoms with Crippen molar-refractivity contribution in [2.75, 3.05) is 0 Å². The van der Waals surface area contributed by atoms with Gasteiger partial charge in [-0.05, 0) is 17.7 Å². The van der Waals surface area contributed by atoms with E-state index in [1.54, 1.807) is 24.5 Å². The van der Waals surface area contributed by atoms with E-state index in [4.69, 9.17) is 0 Å². The van der Waals surface area contributed by atoms with Crippen LogP contribution in [0.5, 0.6) is 0 Å². The van der Waals surface area contributed by atoms with E-state index in [0.29, 0.717) is 12.1 Å². The summed E-state index contributed by atoms with van der Waals surface area (Å²) in [6.07, 6.45) is 4.79. The number of H-pyrrole nitrogens is 1. The number of aromatic nitrogens is 2. The van der Waals surface area contributed by atoms with Crippen LogP contribution in [0.3, 0.4) is 0 Å². The van der Waals surface area contributed by atoms with Gasteiger partial charge in [0.25, 0.3) is 5.91 Å². The summed E-state index contributed by atoms with van der Waals surface area (Å²) in [7, 11) is 0. The molecule has 5 heteroatoms. The molecule has 0 bridgehead atoms. The lowest BCUT2D eigenvalue weighted by Crippen LogP contribution is -2.24. The molecule has 2 rings (SSSR count). The number of carbonyl (C=O) groups is 1. The third-order valence-electron chi connectivity index (χ3n) is 2.21. The summed E-state index contributed by atoms with van der Waals surface area (Å²) in [5, 5.41) is 2.71. The molecular formula is C12H11N3O2. The fourth-order valence-corrected chi connectivity index (χ4v) is 1.37. The zero-order chi connectivity index (χ0) is 12.1. The third kappa shape index (κ3) is 3.01. The first-order valence-electron chi connectivity index (χ1n) is 5.11. The maximum absolute atomic E-state index is 11.7. The number of carbonyl (C=O) groups excluding carboxylic acids is 1. The summed E-state index contributed by atoms with van der Waals surface area (Å²) in [5.41, 5.74) is 0.961. The summed E-state index contributed by atoms with van der Waals surface area (Å²) in [6.45, 7) is 0.388. The largest absolute Gasteiger partial charge is 0.348 e. The molecule has 0 unspecified atom stereocenters. The Bertz CT molecular complexity index is 563. The summed E-state index contributed by atoms with van der Waals surface area (Å²) in [4.78, 5) is 29.1. The quantitative estimate of drug-likeness (QED) is 0.813. The van der Waals surface area contributed by atoms with Gasteiger partial charge >= 0.3 is 0 Å². The Balaban J connectivity index is 2.01. The van der Waals surface area contributed by atoms with Gasteiger partial charge in [0.15, 0.2) is 0 Å². The molecule has 0 fully saturated rings. The lowest BCUT2D eigenvalue weighted by molar-refractivity contribution is 0.0950. The standard InChI is InChI=1S/C12H11N3O2/c16-11-6-10(3-5-14-11)12(17)15-8-9-2-1-4-13-7-9/h1-7H,8H2,(H,14,16)(H,15,17). The Kier molecular flexibility index (Phi) is 3.30. The smallest absolute Gasteiger partial charge is 0.251 e. The molecule has 0 aliphatic carbocycles. The second-order valence-electron chi connectivity index (χ2n) is 3.49. The van der Waals surface area contributed by atoms with Crippen LogP contribution in [-0.2, 0) is 6.54 Å². The first-order valence-corrected chi connectivity index (χ1v) is 5.11. The molecule has 0 saturated heterocycles. The Hall–Kier alpha value is -2.43. The number of amides is 1. The van der Waals surface area contributed by atoms with Gasteiger partial charge in [-0.2, -0.15) is 0 Å². The topological polar surface area (TPSA) is 74.8 Å². The minimum Gasteiger partial charge on any atom is -0.348 e. The summed E-state index contributed by atoms with van der Waals surface area (Å²) in [6, 6.07) is 6.48. The van der Waals surface area contributed by atoms with Gasteiger partial charge in [-0.25, -0.2) is 0 Å². The number of nitrogens with zero attached hydrogens (tertiary/aromatic N) is 1. The summed E-state index contributed by atoms with van der Waals surface area (Å²) < 4.78 is 0. The number of hydrogen-bond donors (Lipinski definition) is 2. The van der Waals surface area contributed by atoms with Crippen LogP contribution in [0.1, 0.15) is 15.9 Å². The Labute approximate surface area is 97.5 Å². The van der Waals surface area contributed by atoms with E-state index < -0.39 is 0 Å². The molecular weight excluding hydrogens is 218 g/mol. The fourth-order valence-electron chi connectivity index (χ4n) is 1.37. The molecule has 0 spiro atoms. The lowest BCUT2D eigenvalue weighted by atomic mass is 10.2. The van der Waals surface area contributed by atoms with Crippen LogP contribution in [-0.4, -0.2) is 15.9 Å². The van der Waals surface area contributed by atoms with Crippen LogP contribution in [0.2, 0.25) is 0 Å². The molecule has 2 aromatic heterocycles. The molecule has 86 valence electrons. The van der Waals surface area contributed by atoms with Gasteiger partial charge in [0, 0.05) is 36.8 Å². The highest BCUT2D eigenvalue weighted by Crippen LogP contribution is 1.97. The van der Waals surface area contributed by atoms with E-state index >= 15 is 0 Å². The SMILES string of the molecule is O=C(NCc1cccnc1)c1cc[nH]c(=O)c1. The second-order valence-corrected chi connectivity index (χ2v) is 3.49. The van der Waals surface area contributed by atoms with Gasteiger partial charge in [0.1, 0.15) is 0 Å². The maximum atomic E-state index is 11.7. The van der Waals surface area contributed by atoms with E-state index in [1.807, 2.05) is 6.07 Å². The van der Waals surface area contributed by atoms with Crippen molar-refractivity contribution in [1.82, 2.24) is 15.3 Å². The molecule has 0 aliphatic heterocycles. The molecule has 5 nitrogen and oxygen atoms in total. The van der Waals surface area contributed by atoms with Gasteiger partial charge in [0.2, 0.25) is 5.56 Å². The lowest BCUT2D eigenvalue weighted by Gasteiger charge is -2.04. The van der Waals surface area contributed by atoms with Gasteiger partial charge in [0.05, 0.1) is 0 Å². The molecule has 1 amide bonds. The minimum atomic E-state index is -0.293. The van der Waals surface area contributed by atoms with Crippen molar-refractivity contribution in [3.8, 4) is 0 Å². The van der Waals surface area contributed by atoms with E-state index in [0.717, 1.165) is 5.56 Å². The van der Waals surface area contributed by atoms with Crippen LogP contribution >= 0.6 is 0 Å². The van der Waals surface area contributed by atoms with E-state index in [9.17, 15) is 9.59 Å². The van der Waals surface area contributed by atoms with Crippen LogP contribution in [0, 0.1) is 0 Å². The predicted molar refractivity (Wildman–Crippen MR) is 62.5 cm³/mol.